The average Bonchev–Trinajstić information content (AvgIpc) is 2.86. The van der Waals surface area contributed by atoms with E-state index in [-0.39, 0.29) is 17.0 Å². The molecular weight excluding hydrogens is 305 g/mol. The fourth-order valence-electron chi connectivity index (χ4n) is 2.48. The summed E-state index contributed by atoms with van der Waals surface area (Å²) in [7, 11) is -4.10. The van der Waals surface area contributed by atoms with Gasteiger partial charge in [-0.15, -0.1) is 0 Å². The number of hydrogen-bond donors (Lipinski definition) is 0. The average molecular weight is 318 g/mol. The molecule has 0 spiro atoms. The van der Waals surface area contributed by atoms with E-state index >= 15 is 0 Å². The van der Waals surface area contributed by atoms with Crippen LogP contribution >= 0.6 is 0 Å². The minimum atomic E-state index is -4.62. The molecule has 114 valence electrons. The van der Waals surface area contributed by atoms with Crippen LogP contribution in [0, 0.1) is 18.3 Å². The molecule has 1 aromatic carbocycles. The fourth-order valence-corrected chi connectivity index (χ4v) is 4.34. The standard InChI is InChI=1S/C13H13F3N2O2S/c1-9-11(13(14,15)16)5-2-6-12(9)21(19,20)18-7-3-4-10(18)8-17/h2,5-6,10H,3-4,7H2,1H3. The number of nitriles is 1. The maximum absolute atomic E-state index is 12.9. The molecule has 8 heteroatoms. The minimum Gasteiger partial charge on any atom is -0.207 e. The Labute approximate surface area is 120 Å². The van der Waals surface area contributed by atoms with Crippen LogP contribution in [0.15, 0.2) is 23.1 Å². The summed E-state index contributed by atoms with van der Waals surface area (Å²) in [5, 5.41) is 8.96. The summed E-state index contributed by atoms with van der Waals surface area (Å²) in [6, 6.07) is 4.13. The Morgan fingerprint density at radius 2 is 2.05 bits per heavy atom. The van der Waals surface area contributed by atoms with Gasteiger partial charge >= 0.3 is 6.18 Å². The number of sulfonamides is 1. The first-order valence-corrected chi connectivity index (χ1v) is 7.72. The van der Waals surface area contributed by atoms with Gasteiger partial charge in [0.2, 0.25) is 10.0 Å². The molecule has 1 aliphatic rings. The van der Waals surface area contributed by atoms with Gasteiger partial charge in [0.25, 0.3) is 0 Å². The lowest BCUT2D eigenvalue weighted by Gasteiger charge is -2.21. The molecule has 1 atom stereocenters. The number of rotatable bonds is 2. The second-order valence-corrected chi connectivity index (χ2v) is 6.69. The van der Waals surface area contributed by atoms with Crippen molar-refractivity contribution in [1.82, 2.24) is 4.31 Å². The summed E-state index contributed by atoms with van der Waals surface area (Å²) < 4.78 is 64.6. The third-order valence-corrected chi connectivity index (χ3v) is 5.58. The summed E-state index contributed by atoms with van der Waals surface area (Å²) in [5.41, 5.74) is -1.31. The van der Waals surface area contributed by atoms with Crippen LogP contribution < -0.4 is 0 Å². The predicted octanol–water partition coefficient (Wildman–Crippen LogP) is 2.69. The highest BCUT2D eigenvalue weighted by atomic mass is 32.2. The number of halogens is 3. The van der Waals surface area contributed by atoms with Gasteiger partial charge in [0.15, 0.2) is 0 Å². The first kappa shape index (κ1) is 15.8. The van der Waals surface area contributed by atoms with E-state index in [1.807, 2.05) is 6.07 Å². The Morgan fingerprint density at radius 3 is 2.62 bits per heavy atom. The van der Waals surface area contributed by atoms with Crippen molar-refractivity contribution < 1.29 is 21.6 Å². The first-order chi connectivity index (χ1) is 9.69. The molecule has 0 radical (unpaired) electrons. The van der Waals surface area contributed by atoms with E-state index in [2.05, 4.69) is 0 Å². The monoisotopic (exact) mass is 318 g/mol. The zero-order valence-electron chi connectivity index (χ0n) is 11.2. The van der Waals surface area contributed by atoms with Gasteiger partial charge in [0.1, 0.15) is 6.04 Å². The van der Waals surface area contributed by atoms with Gasteiger partial charge in [-0.25, -0.2) is 8.42 Å². The van der Waals surface area contributed by atoms with E-state index in [0.717, 1.165) is 29.4 Å². The summed E-state index contributed by atoms with van der Waals surface area (Å²) >= 11 is 0. The largest absolute Gasteiger partial charge is 0.416 e. The van der Waals surface area contributed by atoms with Crippen LogP contribution in [0.1, 0.15) is 24.0 Å². The fraction of sp³-hybridized carbons (Fsp3) is 0.462. The summed E-state index contributed by atoms with van der Waals surface area (Å²) in [5.74, 6) is 0. The van der Waals surface area contributed by atoms with Gasteiger partial charge in [-0.3, -0.25) is 0 Å². The Morgan fingerprint density at radius 1 is 1.38 bits per heavy atom. The minimum absolute atomic E-state index is 0.149. The van der Waals surface area contributed by atoms with E-state index in [9.17, 15) is 21.6 Å². The molecule has 21 heavy (non-hydrogen) atoms. The Bertz CT molecular complexity index is 692. The van der Waals surface area contributed by atoms with Crippen LogP contribution in [0.3, 0.4) is 0 Å². The van der Waals surface area contributed by atoms with Crippen molar-refractivity contribution in [2.45, 2.75) is 36.9 Å². The van der Waals surface area contributed by atoms with Crippen molar-refractivity contribution in [3.63, 3.8) is 0 Å². The number of alkyl halides is 3. The predicted molar refractivity (Wildman–Crippen MR) is 68.7 cm³/mol. The van der Waals surface area contributed by atoms with Crippen LogP contribution in [0.4, 0.5) is 13.2 Å². The highest BCUT2D eigenvalue weighted by Gasteiger charge is 2.39. The molecule has 1 aromatic rings. The van der Waals surface area contributed by atoms with Crippen molar-refractivity contribution in [2.24, 2.45) is 0 Å². The SMILES string of the molecule is Cc1c(C(F)(F)F)cccc1S(=O)(=O)N1CCCC1C#N. The third-order valence-electron chi connectivity index (χ3n) is 3.53. The third kappa shape index (κ3) is 2.76. The van der Waals surface area contributed by atoms with Gasteiger partial charge in [-0.05, 0) is 37.5 Å². The Kier molecular flexibility index (Phi) is 4.00. The highest BCUT2D eigenvalue weighted by molar-refractivity contribution is 7.89. The second-order valence-electron chi connectivity index (χ2n) is 4.83. The zero-order valence-corrected chi connectivity index (χ0v) is 12.0. The van der Waals surface area contributed by atoms with Crippen molar-refractivity contribution in [3.8, 4) is 6.07 Å². The van der Waals surface area contributed by atoms with Crippen molar-refractivity contribution >= 4 is 10.0 Å². The van der Waals surface area contributed by atoms with Gasteiger partial charge in [0.05, 0.1) is 16.5 Å². The summed E-state index contributed by atoms with van der Waals surface area (Å²) in [4.78, 5) is -0.389. The van der Waals surface area contributed by atoms with Gasteiger partial charge in [-0.1, -0.05) is 6.07 Å². The molecule has 0 bridgehead atoms. The number of nitrogens with zero attached hydrogens (tertiary/aromatic N) is 2. The maximum Gasteiger partial charge on any atom is 0.416 e. The zero-order chi connectivity index (χ0) is 15.8. The van der Waals surface area contributed by atoms with Crippen LogP contribution in [0.25, 0.3) is 0 Å². The molecule has 0 saturated carbocycles. The first-order valence-electron chi connectivity index (χ1n) is 6.28. The molecule has 1 fully saturated rings. The molecule has 1 heterocycles. The highest BCUT2D eigenvalue weighted by Crippen LogP contribution is 2.36. The second kappa shape index (κ2) is 5.31. The van der Waals surface area contributed by atoms with Crippen LogP contribution in [0.2, 0.25) is 0 Å². The van der Waals surface area contributed by atoms with Gasteiger partial charge < -0.3 is 0 Å². The molecule has 0 aromatic heterocycles. The van der Waals surface area contributed by atoms with E-state index in [1.54, 1.807) is 0 Å². The Balaban J connectivity index is 2.54. The normalized spacial score (nSPS) is 20.4. The molecule has 1 unspecified atom stereocenters. The number of benzene rings is 1. The lowest BCUT2D eigenvalue weighted by molar-refractivity contribution is -0.138. The molecule has 1 aliphatic heterocycles. The molecule has 1 saturated heterocycles. The van der Waals surface area contributed by atoms with Crippen LogP contribution in [0.5, 0.6) is 0 Å². The van der Waals surface area contributed by atoms with Gasteiger partial charge in [-0.2, -0.15) is 22.7 Å². The smallest absolute Gasteiger partial charge is 0.207 e. The lowest BCUT2D eigenvalue weighted by atomic mass is 10.1. The van der Waals surface area contributed by atoms with E-state index in [0.29, 0.717) is 12.8 Å². The van der Waals surface area contributed by atoms with Crippen LogP contribution in [-0.2, 0) is 16.2 Å². The quantitative estimate of drug-likeness (QED) is 0.842. The molecule has 0 N–H and O–H groups in total. The number of hydrogen-bond acceptors (Lipinski definition) is 3. The van der Waals surface area contributed by atoms with Gasteiger partial charge in [0, 0.05) is 6.54 Å². The molecule has 0 aliphatic carbocycles. The lowest BCUT2D eigenvalue weighted by Crippen LogP contribution is -2.35. The molecule has 4 nitrogen and oxygen atoms in total. The molecule has 0 amide bonds. The topological polar surface area (TPSA) is 61.2 Å². The van der Waals surface area contributed by atoms with E-state index in [1.165, 1.54) is 0 Å². The Hall–Kier alpha value is -1.59. The van der Waals surface area contributed by atoms with Crippen molar-refractivity contribution in [3.05, 3.63) is 29.3 Å². The summed E-state index contributed by atoms with van der Waals surface area (Å²) in [6.07, 6.45) is -3.70. The van der Waals surface area contributed by atoms with Crippen molar-refractivity contribution in [1.29, 1.82) is 5.26 Å². The summed E-state index contributed by atoms with van der Waals surface area (Å²) in [6.45, 7) is 1.28. The van der Waals surface area contributed by atoms with Crippen LogP contribution in [-0.4, -0.2) is 25.3 Å². The van der Waals surface area contributed by atoms with E-state index in [4.69, 9.17) is 5.26 Å². The van der Waals surface area contributed by atoms with Crippen molar-refractivity contribution in [2.75, 3.05) is 6.54 Å². The molecule has 2 rings (SSSR count). The molecular formula is C13H13F3N2O2S. The van der Waals surface area contributed by atoms with E-state index < -0.39 is 27.8 Å². The maximum atomic E-state index is 12.9.